The van der Waals surface area contributed by atoms with Gasteiger partial charge in [0.25, 0.3) is 0 Å². The molecule has 0 spiro atoms. The van der Waals surface area contributed by atoms with Gasteiger partial charge in [0.05, 0.1) is 38.4 Å². The Balaban J connectivity index is 4.20. The van der Waals surface area contributed by atoms with Gasteiger partial charge in [-0.05, 0) is 10.8 Å². The Bertz CT molecular complexity index is 350. The average Bonchev–Trinajstić information content (AvgIpc) is 2.39. The van der Waals surface area contributed by atoms with Crippen LogP contribution in [0.2, 0.25) is 0 Å². The van der Waals surface area contributed by atoms with Gasteiger partial charge in [-0.3, -0.25) is 14.9 Å². The maximum atomic E-state index is 11.8. The Morgan fingerprint density at radius 3 is 1.30 bits per heavy atom. The van der Waals surface area contributed by atoms with Crippen LogP contribution in [0.3, 0.4) is 0 Å². The van der Waals surface area contributed by atoms with Crippen molar-refractivity contribution in [2.75, 3.05) is 26.3 Å². The van der Waals surface area contributed by atoms with Gasteiger partial charge in [0.2, 0.25) is 11.8 Å². The molecule has 0 aromatic heterocycles. The highest BCUT2D eigenvalue weighted by atomic mass is 16.3. The maximum absolute atomic E-state index is 11.8. The molecule has 7 nitrogen and oxygen atoms in total. The van der Waals surface area contributed by atoms with Gasteiger partial charge in [0, 0.05) is 0 Å². The number of nitrogens with one attached hydrogen (secondary N) is 3. The van der Waals surface area contributed by atoms with E-state index < -0.39 is 0 Å². The van der Waals surface area contributed by atoms with Crippen LogP contribution >= 0.6 is 0 Å². The van der Waals surface area contributed by atoms with E-state index in [9.17, 15) is 19.8 Å². The predicted octanol–water partition coefficient (Wildman–Crippen LogP) is -0.378. The number of carbonyl (C=O) groups excluding carboxylic acids is 2. The second-order valence-corrected chi connectivity index (χ2v) is 7.94. The molecule has 0 bridgehead atoms. The lowest BCUT2D eigenvalue weighted by atomic mass is 9.87. The number of hydrogen-bond acceptors (Lipinski definition) is 5. The molecule has 2 atom stereocenters. The van der Waals surface area contributed by atoms with Gasteiger partial charge in [-0.15, -0.1) is 0 Å². The van der Waals surface area contributed by atoms with E-state index in [2.05, 4.69) is 16.0 Å². The summed E-state index contributed by atoms with van der Waals surface area (Å²) in [6.45, 7) is 11.3. The summed E-state index contributed by atoms with van der Waals surface area (Å²) < 4.78 is 0. The average molecular weight is 331 g/mol. The summed E-state index contributed by atoms with van der Waals surface area (Å²) >= 11 is 0. The quantitative estimate of drug-likeness (QED) is 0.416. The molecule has 2 amide bonds. The molecule has 0 aliphatic rings. The Kier molecular flexibility index (Phi) is 8.73. The minimum absolute atomic E-state index is 0.0146. The van der Waals surface area contributed by atoms with Gasteiger partial charge >= 0.3 is 0 Å². The van der Waals surface area contributed by atoms with Gasteiger partial charge in [0.15, 0.2) is 0 Å². The largest absolute Gasteiger partial charge is 0.394 e. The van der Waals surface area contributed by atoms with Crippen molar-refractivity contribution in [1.29, 1.82) is 0 Å². The third-order valence-corrected chi connectivity index (χ3v) is 3.70. The van der Waals surface area contributed by atoms with E-state index in [1.807, 2.05) is 41.5 Å². The van der Waals surface area contributed by atoms with Crippen LogP contribution < -0.4 is 16.0 Å². The number of aliphatic hydroxyl groups excluding tert-OH is 2. The monoisotopic (exact) mass is 331 g/mol. The second-order valence-electron chi connectivity index (χ2n) is 7.94. The molecule has 23 heavy (non-hydrogen) atoms. The van der Waals surface area contributed by atoms with Crippen LogP contribution in [0, 0.1) is 10.8 Å². The molecule has 7 heteroatoms. The van der Waals surface area contributed by atoms with Crippen LogP contribution in [-0.2, 0) is 9.59 Å². The highest BCUT2D eigenvalue weighted by Crippen LogP contribution is 2.19. The third kappa shape index (κ3) is 8.88. The van der Waals surface area contributed by atoms with Crippen LogP contribution in [0.5, 0.6) is 0 Å². The second kappa shape index (κ2) is 9.20. The molecule has 0 aromatic rings. The van der Waals surface area contributed by atoms with E-state index in [4.69, 9.17) is 0 Å². The fourth-order valence-electron chi connectivity index (χ4n) is 1.85. The van der Waals surface area contributed by atoms with Crippen molar-refractivity contribution in [3.05, 3.63) is 0 Å². The molecule has 0 rings (SSSR count). The van der Waals surface area contributed by atoms with E-state index >= 15 is 0 Å². The first-order valence-corrected chi connectivity index (χ1v) is 7.93. The summed E-state index contributed by atoms with van der Waals surface area (Å²) in [6, 6.07) is -0.685. The molecule has 0 radical (unpaired) electrons. The summed E-state index contributed by atoms with van der Waals surface area (Å²) in [7, 11) is 0. The first kappa shape index (κ1) is 21.8. The van der Waals surface area contributed by atoms with Crippen molar-refractivity contribution in [3.63, 3.8) is 0 Å². The Morgan fingerprint density at radius 1 is 0.783 bits per heavy atom. The van der Waals surface area contributed by atoms with Gasteiger partial charge in [0.1, 0.15) is 0 Å². The molecular formula is C16H33N3O4. The molecule has 5 N–H and O–H groups in total. The summed E-state index contributed by atoms with van der Waals surface area (Å²) in [6.07, 6.45) is 0. The Morgan fingerprint density at radius 2 is 1.09 bits per heavy atom. The van der Waals surface area contributed by atoms with Crippen LogP contribution in [-0.4, -0.2) is 60.4 Å². The van der Waals surface area contributed by atoms with Gasteiger partial charge in [-0.25, -0.2) is 0 Å². The van der Waals surface area contributed by atoms with Crippen molar-refractivity contribution in [2.45, 2.75) is 53.6 Å². The summed E-state index contributed by atoms with van der Waals surface area (Å²) in [5, 5.41) is 26.8. The molecule has 0 aliphatic carbocycles. The lowest BCUT2D eigenvalue weighted by Crippen LogP contribution is -2.51. The topological polar surface area (TPSA) is 111 Å². The Labute approximate surface area is 139 Å². The minimum Gasteiger partial charge on any atom is -0.394 e. The summed E-state index contributed by atoms with van der Waals surface area (Å²) in [5.74, 6) is -0.553. The molecular weight excluding hydrogens is 298 g/mol. The van der Waals surface area contributed by atoms with Crippen molar-refractivity contribution in [2.24, 2.45) is 10.8 Å². The summed E-state index contributed by atoms with van der Waals surface area (Å²) in [5.41, 5.74) is -0.494. The van der Waals surface area contributed by atoms with E-state index in [1.54, 1.807) is 0 Å². The third-order valence-electron chi connectivity index (χ3n) is 3.70. The van der Waals surface area contributed by atoms with E-state index in [1.165, 1.54) is 0 Å². The molecule has 0 heterocycles. The van der Waals surface area contributed by atoms with E-state index in [-0.39, 0.29) is 61.0 Å². The highest BCUT2D eigenvalue weighted by molar-refractivity contribution is 5.81. The molecule has 0 saturated heterocycles. The smallest absolute Gasteiger partial charge is 0.234 e. The van der Waals surface area contributed by atoms with Crippen LogP contribution in [0.15, 0.2) is 0 Å². The predicted molar refractivity (Wildman–Crippen MR) is 89.8 cm³/mol. The first-order valence-electron chi connectivity index (χ1n) is 7.93. The number of hydrogen-bond donors (Lipinski definition) is 5. The van der Waals surface area contributed by atoms with Gasteiger partial charge in [-0.1, -0.05) is 41.5 Å². The highest BCUT2D eigenvalue weighted by Gasteiger charge is 2.26. The van der Waals surface area contributed by atoms with Crippen molar-refractivity contribution < 1.29 is 19.8 Å². The van der Waals surface area contributed by atoms with Crippen molar-refractivity contribution >= 4 is 11.8 Å². The van der Waals surface area contributed by atoms with Crippen LogP contribution in [0.4, 0.5) is 0 Å². The zero-order chi connectivity index (χ0) is 18.3. The standard InChI is InChI=1S/C16H33N3O4/c1-15(2,3)11(9-20)18-13(22)7-17-8-14(23)19-12(10-21)16(4,5)6/h11-12,17,20-21H,7-10H2,1-6H3,(H,18,22)(H,19,23)/t11-,12-/m1/s1. The van der Waals surface area contributed by atoms with Crippen LogP contribution in [0.1, 0.15) is 41.5 Å². The molecule has 0 aromatic carbocycles. The van der Waals surface area contributed by atoms with Crippen molar-refractivity contribution in [3.8, 4) is 0 Å². The molecule has 0 unspecified atom stereocenters. The van der Waals surface area contributed by atoms with Crippen LogP contribution in [0.25, 0.3) is 0 Å². The van der Waals surface area contributed by atoms with Gasteiger partial charge in [-0.2, -0.15) is 0 Å². The van der Waals surface area contributed by atoms with Crippen molar-refractivity contribution in [1.82, 2.24) is 16.0 Å². The maximum Gasteiger partial charge on any atom is 0.234 e. The number of amides is 2. The number of rotatable bonds is 8. The fraction of sp³-hybridized carbons (Fsp3) is 0.875. The van der Waals surface area contributed by atoms with Gasteiger partial charge < -0.3 is 20.8 Å². The minimum atomic E-state index is -0.342. The SMILES string of the molecule is CC(C)(C)[C@@H](CO)NC(=O)CNCC(=O)N[C@H](CO)C(C)(C)C. The number of aliphatic hydroxyl groups is 2. The molecule has 0 fully saturated rings. The molecule has 136 valence electrons. The zero-order valence-corrected chi connectivity index (χ0v) is 15.2. The van der Waals surface area contributed by atoms with E-state index in [0.717, 1.165) is 0 Å². The zero-order valence-electron chi connectivity index (χ0n) is 15.2. The molecule has 0 aliphatic heterocycles. The lowest BCUT2D eigenvalue weighted by molar-refractivity contribution is -0.123. The summed E-state index contributed by atoms with van der Waals surface area (Å²) in [4.78, 5) is 23.6. The Hall–Kier alpha value is -1.18. The fourth-order valence-corrected chi connectivity index (χ4v) is 1.85. The molecule has 0 saturated carbocycles. The number of carbonyl (C=O) groups is 2. The normalized spacial score (nSPS) is 15.0. The van der Waals surface area contributed by atoms with E-state index in [0.29, 0.717) is 0 Å². The lowest BCUT2D eigenvalue weighted by Gasteiger charge is -2.30. The first-order chi connectivity index (χ1) is 10.4.